The lowest BCUT2D eigenvalue weighted by Crippen LogP contribution is -2.34. The number of nitrogens with zero attached hydrogens (tertiary/aromatic N) is 1. The van der Waals surface area contributed by atoms with Gasteiger partial charge in [0.15, 0.2) is 0 Å². The molecule has 1 unspecified atom stereocenters. The van der Waals surface area contributed by atoms with E-state index >= 15 is 0 Å². The Morgan fingerprint density at radius 3 is 2.82 bits per heavy atom. The quantitative estimate of drug-likeness (QED) is 0.912. The van der Waals surface area contributed by atoms with Crippen molar-refractivity contribution in [2.45, 2.75) is 12.5 Å². The summed E-state index contributed by atoms with van der Waals surface area (Å²) in [4.78, 5) is 2.50. The van der Waals surface area contributed by atoms with Crippen molar-refractivity contribution in [1.29, 1.82) is 0 Å². The maximum absolute atomic E-state index is 6.19. The van der Waals surface area contributed by atoms with Crippen LogP contribution in [0.3, 0.4) is 0 Å². The van der Waals surface area contributed by atoms with E-state index in [1.807, 2.05) is 30.0 Å². The van der Waals surface area contributed by atoms with Crippen molar-refractivity contribution in [3.8, 4) is 0 Å². The summed E-state index contributed by atoms with van der Waals surface area (Å²) < 4.78 is 0. The van der Waals surface area contributed by atoms with E-state index in [1.165, 1.54) is 24.6 Å². The lowest BCUT2D eigenvalue weighted by Gasteiger charge is -2.27. The number of hydrogen-bond donors (Lipinski definition) is 1. The molecule has 1 fully saturated rings. The Morgan fingerprint density at radius 2 is 2.12 bits per heavy atom. The van der Waals surface area contributed by atoms with Crippen LogP contribution in [-0.4, -0.2) is 36.0 Å². The number of thioether (sulfide) groups is 1. The lowest BCUT2D eigenvalue weighted by molar-refractivity contribution is 0.289. The molecule has 17 heavy (non-hydrogen) atoms. The van der Waals surface area contributed by atoms with Crippen molar-refractivity contribution in [2.75, 3.05) is 31.1 Å². The summed E-state index contributed by atoms with van der Waals surface area (Å²) in [6, 6.07) is 7.98. The topological polar surface area (TPSA) is 29.3 Å². The van der Waals surface area contributed by atoms with Crippen LogP contribution in [0.25, 0.3) is 0 Å². The van der Waals surface area contributed by atoms with Gasteiger partial charge in [-0.25, -0.2) is 0 Å². The van der Waals surface area contributed by atoms with Gasteiger partial charge in [0, 0.05) is 42.2 Å². The smallest absolute Gasteiger partial charge is 0.0409 e. The Morgan fingerprint density at radius 1 is 1.35 bits per heavy atom. The van der Waals surface area contributed by atoms with Gasteiger partial charge in [0.1, 0.15) is 0 Å². The molecule has 0 spiro atoms. The largest absolute Gasteiger partial charge is 0.324 e. The molecule has 1 aromatic rings. The van der Waals surface area contributed by atoms with E-state index in [0.29, 0.717) is 0 Å². The molecule has 0 amide bonds. The fourth-order valence-electron chi connectivity index (χ4n) is 2.05. The first kappa shape index (κ1) is 13.2. The molecule has 1 saturated heterocycles. The van der Waals surface area contributed by atoms with Gasteiger partial charge in [0.05, 0.1) is 0 Å². The summed E-state index contributed by atoms with van der Waals surface area (Å²) in [7, 11) is 0. The number of rotatable bonds is 4. The predicted molar refractivity (Wildman–Crippen MR) is 76.8 cm³/mol. The molecule has 1 atom stereocenters. The van der Waals surface area contributed by atoms with Crippen LogP contribution >= 0.6 is 23.4 Å². The second-order valence-electron chi connectivity index (χ2n) is 4.40. The maximum Gasteiger partial charge on any atom is 0.0409 e. The van der Waals surface area contributed by atoms with Gasteiger partial charge in [0.25, 0.3) is 0 Å². The minimum Gasteiger partial charge on any atom is -0.324 e. The van der Waals surface area contributed by atoms with Crippen molar-refractivity contribution >= 4 is 23.4 Å². The predicted octanol–water partition coefficient (Wildman–Crippen LogP) is 2.78. The van der Waals surface area contributed by atoms with Crippen LogP contribution in [0.5, 0.6) is 0 Å². The van der Waals surface area contributed by atoms with Crippen LogP contribution in [0, 0.1) is 0 Å². The first-order valence-corrected chi connectivity index (χ1v) is 7.60. The summed E-state index contributed by atoms with van der Waals surface area (Å²) in [6.07, 6.45) is 1.00. The van der Waals surface area contributed by atoms with Crippen molar-refractivity contribution in [3.63, 3.8) is 0 Å². The highest BCUT2D eigenvalue weighted by molar-refractivity contribution is 7.99. The Kier molecular flexibility index (Phi) is 5.16. The van der Waals surface area contributed by atoms with E-state index in [1.54, 1.807) is 0 Å². The highest BCUT2D eigenvalue weighted by Crippen LogP contribution is 2.19. The molecule has 94 valence electrons. The number of hydrogen-bond acceptors (Lipinski definition) is 3. The normalized spacial score (nSPS) is 19.2. The van der Waals surface area contributed by atoms with E-state index in [4.69, 9.17) is 17.3 Å². The second kappa shape index (κ2) is 6.64. The molecule has 2 N–H and O–H groups in total. The summed E-state index contributed by atoms with van der Waals surface area (Å²) in [5, 5.41) is 0.771. The number of halogens is 1. The van der Waals surface area contributed by atoms with Gasteiger partial charge >= 0.3 is 0 Å². The SMILES string of the molecule is NC(CCN1CCSCC1)c1cccc(Cl)c1. The maximum atomic E-state index is 6.19. The molecule has 1 heterocycles. The van der Waals surface area contributed by atoms with Gasteiger partial charge in [-0.1, -0.05) is 23.7 Å². The van der Waals surface area contributed by atoms with Crippen LogP contribution in [-0.2, 0) is 0 Å². The Labute approximate surface area is 113 Å². The fourth-order valence-corrected chi connectivity index (χ4v) is 3.23. The van der Waals surface area contributed by atoms with Crippen molar-refractivity contribution < 1.29 is 0 Å². The minimum absolute atomic E-state index is 0.100. The molecule has 2 nitrogen and oxygen atoms in total. The zero-order valence-corrected chi connectivity index (χ0v) is 11.5. The van der Waals surface area contributed by atoms with Crippen LogP contribution in [0.1, 0.15) is 18.0 Å². The zero-order valence-electron chi connectivity index (χ0n) is 9.94. The summed E-state index contributed by atoms with van der Waals surface area (Å²) >= 11 is 8.01. The first-order valence-electron chi connectivity index (χ1n) is 6.07. The zero-order chi connectivity index (χ0) is 12.1. The summed E-state index contributed by atoms with van der Waals surface area (Å²) in [5.41, 5.74) is 7.33. The van der Waals surface area contributed by atoms with Crippen molar-refractivity contribution in [2.24, 2.45) is 5.73 Å². The lowest BCUT2D eigenvalue weighted by atomic mass is 10.0. The van der Waals surface area contributed by atoms with Gasteiger partial charge in [-0.3, -0.25) is 0 Å². The molecular weight excluding hydrogens is 252 g/mol. The van der Waals surface area contributed by atoms with Crippen LogP contribution < -0.4 is 5.73 Å². The van der Waals surface area contributed by atoms with Crippen LogP contribution in [0.15, 0.2) is 24.3 Å². The molecule has 1 aliphatic rings. The van der Waals surface area contributed by atoms with Gasteiger partial charge < -0.3 is 10.6 Å². The molecule has 2 rings (SSSR count). The van der Waals surface area contributed by atoms with Crippen molar-refractivity contribution in [1.82, 2.24) is 4.90 Å². The molecular formula is C13H19ClN2S. The molecule has 4 heteroatoms. The van der Waals surface area contributed by atoms with Gasteiger partial charge in [-0.15, -0.1) is 0 Å². The van der Waals surface area contributed by atoms with Gasteiger partial charge in [-0.05, 0) is 24.1 Å². The molecule has 0 aromatic heterocycles. The van der Waals surface area contributed by atoms with Gasteiger partial charge in [0.2, 0.25) is 0 Å². The Bertz CT molecular complexity index is 353. The minimum atomic E-state index is 0.100. The van der Waals surface area contributed by atoms with E-state index in [2.05, 4.69) is 11.0 Å². The fraction of sp³-hybridized carbons (Fsp3) is 0.538. The summed E-state index contributed by atoms with van der Waals surface area (Å²) in [5.74, 6) is 2.51. The summed E-state index contributed by atoms with van der Waals surface area (Å²) in [6.45, 7) is 3.49. The van der Waals surface area contributed by atoms with E-state index in [9.17, 15) is 0 Å². The molecule has 1 aliphatic heterocycles. The third-order valence-electron chi connectivity index (χ3n) is 3.14. The molecule has 0 radical (unpaired) electrons. The molecule has 1 aromatic carbocycles. The first-order chi connectivity index (χ1) is 8.25. The van der Waals surface area contributed by atoms with E-state index < -0.39 is 0 Å². The Balaban J connectivity index is 1.82. The standard InChI is InChI=1S/C13H19ClN2S/c14-12-3-1-2-11(10-12)13(15)4-5-16-6-8-17-9-7-16/h1-3,10,13H,4-9,15H2. The van der Waals surface area contributed by atoms with Crippen molar-refractivity contribution in [3.05, 3.63) is 34.9 Å². The van der Waals surface area contributed by atoms with E-state index in [0.717, 1.165) is 23.6 Å². The third-order valence-corrected chi connectivity index (χ3v) is 4.31. The van der Waals surface area contributed by atoms with Crippen LogP contribution in [0.4, 0.5) is 0 Å². The molecule has 0 aliphatic carbocycles. The highest BCUT2D eigenvalue weighted by Gasteiger charge is 2.12. The average molecular weight is 271 g/mol. The third kappa shape index (κ3) is 4.18. The van der Waals surface area contributed by atoms with E-state index in [-0.39, 0.29) is 6.04 Å². The van der Waals surface area contributed by atoms with Crippen LogP contribution in [0.2, 0.25) is 5.02 Å². The van der Waals surface area contributed by atoms with Gasteiger partial charge in [-0.2, -0.15) is 11.8 Å². The highest BCUT2D eigenvalue weighted by atomic mass is 35.5. The number of benzene rings is 1. The molecule has 0 bridgehead atoms. The average Bonchev–Trinajstić information content (AvgIpc) is 2.37. The monoisotopic (exact) mass is 270 g/mol. The second-order valence-corrected chi connectivity index (χ2v) is 6.07. The number of nitrogens with two attached hydrogens (primary N) is 1. The molecule has 0 saturated carbocycles. The Hall–Kier alpha value is -0.220.